The van der Waals surface area contributed by atoms with Crippen LogP contribution in [0.15, 0.2) is 35.8 Å². The van der Waals surface area contributed by atoms with Crippen LogP contribution in [0.5, 0.6) is 0 Å². The van der Waals surface area contributed by atoms with Crippen LogP contribution in [0, 0.1) is 20.8 Å². The van der Waals surface area contributed by atoms with Gasteiger partial charge in [-0.3, -0.25) is 0 Å². The van der Waals surface area contributed by atoms with E-state index in [9.17, 15) is 4.79 Å². The van der Waals surface area contributed by atoms with Crippen LogP contribution in [0.1, 0.15) is 54.4 Å². The fourth-order valence-corrected chi connectivity index (χ4v) is 5.11. The van der Waals surface area contributed by atoms with Crippen molar-refractivity contribution in [1.82, 2.24) is 14.5 Å². The van der Waals surface area contributed by atoms with Gasteiger partial charge in [0.15, 0.2) is 6.10 Å². The van der Waals surface area contributed by atoms with Gasteiger partial charge in [-0.25, -0.2) is 14.8 Å². The van der Waals surface area contributed by atoms with E-state index in [4.69, 9.17) is 26.1 Å². The van der Waals surface area contributed by atoms with Crippen LogP contribution in [0.2, 0.25) is 5.02 Å². The molecule has 35 heavy (non-hydrogen) atoms. The zero-order valence-corrected chi connectivity index (χ0v) is 22.7. The molecule has 0 spiro atoms. The highest BCUT2D eigenvalue weighted by atomic mass is 35.5. The van der Waals surface area contributed by atoms with Gasteiger partial charge in [-0.15, -0.1) is 11.3 Å². The lowest BCUT2D eigenvalue weighted by molar-refractivity contribution is -0.164. The number of halogens is 1. The molecule has 0 aliphatic carbocycles. The van der Waals surface area contributed by atoms with Crippen molar-refractivity contribution in [2.24, 2.45) is 0 Å². The standard InChI is InChI=1S/C27H30ClN3O3S/c1-15-17(3)31(14-20-29-12-13-35-20)25-21(15)23(18-8-10-19(28)11-9-18)22(16(2)30-25)24(26(32)33-7)34-27(4,5)6/h8-13,24H,14H2,1-7H3/t24-/m0/s1. The van der Waals surface area contributed by atoms with Gasteiger partial charge in [-0.05, 0) is 64.8 Å². The number of aryl methyl sites for hydroxylation is 2. The summed E-state index contributed by atoms with van der Waals surface area (Å²) in [5.41, 5.74) is 5.70. The first-order chi connectivity index (χ1) is 16.5. The average Bonchev–Trinajstić information content (AvgIpc) is 3.39. The van der Waals surface area contributed by atoms with E-state index in [1.165, 1.54) is 7.11 Å². The maximum absolute atomic E-state index is 13.1. The molecule has 4 aromatic rings. The first kappa shape index (κ1) is 25.4. The summed E-state index contributed by atoms with van der Waals surface area (Å²) in [6.45, 7) is 12.5. The van der Waals surface area contributed by atoms with E-state index in [0.29, 0.717) is 22.8 Å². The summed E-state index contributed by atoms with van der Waals surface area (Å²) in [6, 6.07) is 7.65. The lowest BCUT2D eigenvalue weighted by Crippen LogP contribution is -2.29. The van der Waals surface area contributed by atoms with Crippen molar-refractivity contribution in [3.05, 3.63) is 68.4 Å². The summed E-state index contributed by atoms with van der Waals surface area (Å²) in [5, 5.41) is 4.60. The predicted molar refractivity (Wildman–Crippen MR) is 141 cm³/mol. The average molecular weight is 512 g/mol. The van der Waals surface area contributed by atoms with E-state index in [2.05, 4.69) is 23.4 Å². The first-order valence-corrected chi connectivity index (χ1v) is 12.7. The maximum atomic E-state index is 13.1. The summed E-state index contributed by atoms with van der Waals surface area (Å²) >= 11 is 7.85. The topological polar surface area (TPSA) is 66.2 Å². The van der Waals surface area contributed by atoms with E-state index in [0.717, 1.165) is 38.4 Å². The van der Waals surface area contributed by atoms with Crippen LogP contribution >= 0.6 is 22.9 Å². The number of nitrogens with zero attached hydrogens (tertiary/aromatic N) is 3. The highest BCUT2D eigenvalue weighted by molar-refractivity contribution is 7.09. The van der Waals surface area contributed by atoms with Crippen molar-refractivity contribution in [1.29, 1.82) is 0 Å². The number of aromatic nitrogens is 3. The summed E-state index contributed by atoms with van der Waals surface area (Å²) < 4.78 is 13.7. The van der Waals surface area contributed by atoms with Gasteiger partial charge in [0.2, 0.25) is 0 Å². The Morgan fingerprint density at radius 2 is 1.86 bits per heavy atom. The van der Waals surface area contributed by atoms with Gasteiger partial charge >= 0.3 is 5.97 Å². The number of carbonyl (C=O) groups excluding carboxylic acids is 1. The molecule has 0 saturated heterocycles. The number of methoxy groups -OCH3 is 1. The number of fused-ring (bicyclic) bond motifs is 1. The van der Waals surface area contributed by atoms with Crippen LogP contribution in [0.3, 0.4) is 0 Å². The Kier molecular flexibility index (Phi) is 7.04. The summed E-state index contributed by atoms with van der Waals surface area (Å²) in [5.74, 6) is -0.462. The second kappa shape index (κ2) is 9.72. The molecule has 6 nitrogen and oxygen atoms in total. The number of thiazole rings is 1. The van der Waals surface area contributed by atoms with Crippen LogP contribution in [-0.4, -0.2) is 33.2 Å². The molecule has 0 aliphatic heterocycles. The Balaban J connectivity index is 2.09. The smallest absolute Gasteiger partial charge is 0.339 e. The molecular formula is C27H30ClN3O3S. The molecule has 1 atom stereocenters. The number of hydrogen-bond acceptors (Lipinski definition) is 6. The molecule has 0 N–H and O–H groups in total. The molecule has 0 aliphatic rings. The van der Waals surface area contributed by atoms with E-state index in [-0.39, 0.29) is 0 Å². The highest BCUT2D eigenvalue weighted by Gasteiger charge is 2.34. The lowest BCUT2D eigenvalue weighted by Gasteiger charge is -2.28. The largest absolute Gasteiger partial charge is 0.467 e. The third-order valence-electron chi connectivity index (χ3n) is 6.04. The molecule has 3 heterocycles. The molecule has 0 radical (unpaired) electrons. The zero-order valence-electron chi connectivity index (χ0n) is 21.1. The number of hydrogen-bond donors (Lipinski definition) is 0. The minimum Gasteiger partial charge on any atom is -0.467 e. The van der Waals surface area contributed by atoms with E-state index in [1.54, 1.807) is 11.3 Å². The monoisotopic (exact) mass is 511 g/mol. The van der Waals surface area contributed by atoms with Crippen LogP contribution in [-0.2, 0) is 20.8 Å². The molecule has 0 saturated carbocycles. The number of rotatable bonds is 6. The molecule has 0 unspecified atom stereocenters. The Morgan fingerprint density at radius 1 is 1.17 bits per heavy atom. The third kappa shape index (κ3) is 4.99. The summed E-state index contributed by atoms with van der Waals surface area (Å²) in [7, 11) is 1.38. The first-order valence-electron chi connectivity index (χ1n) is 11.4. The fraction of sp³-hybridized carbons (Fsp3) is 0.370. The molecule has 8 heteroatoms. The van der Waals surface area contributed by atoms with Gasteiger partial charge in [-0.2, -0.15) is 0 Å². The Morgan fingerprint density at radius 3 is 2.43 bits per heavy atom. The number of benzene rings is 1. The van der Waals surface area contributed by atoms with Crippen LogP contribution < -0.4 is 0 Å². The van der Waals surface area contributed by atoms with E-state index in [1.807, 2.05) is 63.5 Å². The number of esters is 1. The molecule has 0 bridgehead atoms. The third-order valence-corrected chi connectivity index (χ3v) is 7.06. The quantitative estimate of drug-likeness (QED) is 0.266. The normalized spacial score (nSPS) is 12.8. The lowest BCUT2D eigenvalue weighted by atomic mass is 9.91. The molecular weight excluding hydrogens is 482 g/mol. The van der Waals surface area contributed by atoms with Crippen LogP contribution in [0.4, 0.5) is 0 Å². The Bertz CT molecular complexity index is 1370. The van der Waals surface area contributed by atoms with E-state index >= 15 is 0 Å². The second-order valence-corrected chi connectivity index (χ2v) is 11.0. The molecule has 1 aromatic carbocycles. The Labute approximate surface area is 214 Å². The van der Waals surface area contributed by atoms with Crippen molar-refractivity contribution >= 4 is 39.9 Å². The number of pyridine rings is 1. The van der Waals surface area contributed by atoms with Crippen LogP contribution in [0.25, 0.3) is 22.2 Å². The minimum absolute atomic E-state index is 0.462. The van der Waals surface area contributed by atoms with Gasteiger partial charge in [0.05, 0.1) is 19.3 Å². The van der Waals surface area contributed by atoms with Gasteiger partial charge in [0.25, 0.3) is 0 Å². The SMILES string of the molecule is COC(=O)[C@@H](OC(C)(C)C)c1c(C)nc2c(c(C)c(C)n2Cc2nccs2)c1-c1ccc(Cl)cc1. The minimum atomic E-state index is -0.940. The Hall–Kier alpha value is -2.74. The number of carbonyl (C=O) groups is 1. The molecule has 184 valence electrons. The molecule has 0 amide bonds. The van der Waals surface area contributed by atoms with E-state index < -0.39 is 17.7 Å². The predicted octanol–water partition coefficient (Wildman–Crippen LogP) is 6.82. The fourth-order valence-electron chi connectivity index (χ4n) is 4.38. The van der Waals surface area contributed by atoms with Crippen molar-refractivity contribution in [3.63, 3.8) is 0 Å². The van der Waals surface area contributed by atoms with Crippen molar-refractivity contribution in [2.75, 3.05) is 7.11 Å². The molecule has 0 fully saturated rings. The van der Waals surface area contributed by atoms with Gasteiger partial charge in [0.1, 0.15) is 10.7 Å². The summed E-state index contributed by atoms with van der Waals surface area (Å²) in [4.78, 5) is 22.6. The number of ether oxygens (including phenoxy) is 2. The molecule has 3 aromatic heterocycles. The van der Waals surface area contributed by atoms with Gasteiger partial charge in [0, 0.05) is 44.5 Å². The highest BCUT2D eigenvalue weighted by Crippen LogP contribution is 2.42. The molecule has 4 rings (SSSR count). The zero-order chi connectivity index (χ0) is 25.5. The van der Waals surface area contributed by atoms with Crippen molar-refractivity contribution in [2.45, 2.75) is 59.8 Å². The maximum Gasteiger partial charge on any atom is 0.339 e. The van der Waals surface area contributed by atoms with Gasteiger partial charge in [-0.1, -0.05) is 23.7 Å². The summed E-state index contributed by atoms with van der Waals surface area (Å²) in [6.07, 6.45) is 0.874. The van der Waals surface area contributed by atoms with Crippen molar-refractivity contribution < 1.29 is 14.3 Å². The second-order valence-electron chi connectivity index (χ2n) is 9.55. The van der Waals surface area contributed by atoms with Gasteiger partial charge < -0.3 is 14.0 Å². The van der Waals surface area contributed by atoms with Crippen molar-refractivity contribution in [3.8, 4) is 11.1 Å².